The Morgan fingerprint density at radius 2 is 2.33 bits per heavy atom. The maximum atomic E-state index is 9.49. The first-order valence-electron chi connectivity index (χ1n) is 4.51. The molecule has 0 aromatic rings. The van der Waals surface area contributed by atoms with Gasteiger partial charge in [0.15, 0.2) is 0 Å². The standard InChI is InChI=1S/C10H17NO/c1-4-7(2)10-6-9(12)5-8(3)11-10/h4,8-9,12H,5-6H2,1-3H3/b7-4+. The minimum atomic E-state index is -0.192. The molecular weight excluding hydrogens is 150 g/mol. The third kappa shape index (κ3) is 2.18. The number of hydrogen-bond acceptors (Lipinski definition) is 2. The summed E-state index contributed by atoms with van der Waals surface area (Å²) >= 11 is 0. The van der Waals surface area contributed by atoms with E-state index in [0.29, 0.717) is 0 Å². The van der Waals surface area contributed by atoms with Gasteiger partial charge in [-0.2, -0.15) is 0 Å². The SMILES string of the molecule is C/C=C(\C)C1=NC(C)CC(O)C1. The topological polar surface area (TPSA) is 32.6 Å². The number of nitrogens with zero attached hydrogens (tertiary/aromatic N) is 1. The molecule has 0 spiro atoms. The molecule has 0 saturated carbocycles. The Hall–Kier alpha value is -0.630. The van der Waals surface area contributed by atoms with Gasteiger partial charge in [-0.05, 0) is 32.8 Å². The predicted octanol–water partition coefficient (Wildman–Crippen LogP) is 1.94. The molecule has 0 radical (unpaired) electrons. The second-order valence-corrected chi connectivity index (χ2v) is 3.49. The van der Waals surface area contributed by atoms with Crippen LogP contribution in [-0.2, 0) is 0 Å². The molecule has 0 aromatic carbocycles. The molecule has 1 N–H and O–H groups in total. The Labute approximate surface area is 74.0 Å². The third-order valence-corrected chi connectivity index (χ3v) is 2.31. The first-order chi connectivity index (χ1) is 5.63. The molecule has 2 nitrogen and oxygen atoms in total. The van der Waals surface area contributed by atoms with Crippen LogP contribution in [0.4, 0.5) is 0 Å². The van der Waals surface area contributed by atoms with Crippen molar-refractivity contribution in [3.05, 3.63) is 11.6 Å². The quantitative estimate of drug-likeness (QED) is 0.636. The Morgan fingerprint density at radius 3 is 2.83 bits per heavy atom. The fourth-order valence-corrected chi connectivity index (χ4v) is 1.50. The summed E-state index contributed by atoms with van der Waals surface area (Å²) < 4.78 is 0. The Kier molecular flexibility index (Phi) is 3.04. The number of allylic oxidation sites excluding steroid dienone is 2. The van der Waals surface area contributed by atoms with Crippen LogP contribution in [0.1, 0.15) is 33.6 Å². The Morgan fingerprint density at radius 1 is 1.67 bits per heavy atom. The van der Waals surface area contributed by atoms with E-state index >= 15 is 0 Å². The van der Waals surface area contributed by atoms with Crippen LogP contribution in [0.2, 0.25) is 0 Å². The van der Waals surface area contributed by atoms with Gasteiger partial charge < -0.3 is 5.11 Å². The van der Waals surface area contributed by atoms with E-state index in [1.807, 2.05) is 26.8 Å². The summed E-state index contributed by atoms with van der Waals surface area (Å²) in [5.74, 6) is 0. The van der Waals surface area contributed by atoms with Crippen molar-refractivity contribution in [2.24, 2.45) is 4.99 Å². The second kappa shape index (κ2) is 3.85. The van der Waals surface area contributed by atoms with E-state index < -0.39 is 0 Å². The van der Waals surface area contributed by atoms with E-state index in [1.54, 1.807) is 0 Å². The maximum Gasteiger partial charge on any atom is 0.0615 e. The molecule has 2 atom stereocenters. The van der Waals surface area contributed by atoms with Crippen LogP contribution >= 0.6 is 0 Å². The number of aliphatic hydroxyl groups is 1. The predicted molar refractivity (Wildman–Crippen MR) is 51.6 cm³/mol. The molecule has 2 heteroatoms. The zero-order valence-electron chi connectivity index (χ0n) is 8.04. The summed E-state index contributed by atoms with van der Waals surface area (Å²) in [4.78, 5) is 4.49. The summed E-state index contributed by atoms with van der Waals surface area (Å²) in [6.45, 7) is 6.10. The van der Waals surface area contributed by atoms with E-state index in [1.165, 1.54) is 5.57 Å². The molecular formula is C10H17NO. The summed E-state index contributed by atoms with van der Waals surface area (Å²) in [5.41, 5.74) is 2.27. The summed E-state index contributed by atoms with van der Waals surface area (Å²) in [7, 11) is 0. The molecule has 0 aromatic heterocycles. The first kappa shape index (κ1) is 9.46. The fraction of sp³-hybridized carbons (Fsp3) is 0.700. The van der Waals surface area contributed by atoms with Gasteiger partial charge in [-0.1, -0.05) is 6.08 Å². The van der Waals surface area contributed by atoms with Crippen molar-refractivity contribution in [3.8, 4) is 0 Å². The molecule has 0 fully saturated rings. The van der Waals surface area contributed by atoms with Crippen molar-refractivity contribution in [1.29, 1.82) is 0 Å². The van der Waals surface area contributed by atoms with E-state index in [9.17, 15) is 5.11 Å². The van der Waals surface area contributed by atoms with E-state index in [4.69, 9.17) is 0 Å². The minimum Gasteiger partial charge on any atom is -0.393 e. The first-order valence-corrected chi connectivity index (χ1v) is 4.51. The van der Waals surface area contributed by atoms with Gasteiger partial charge in [0, 0.05) is 18.2 Å². The van der Waals surface area contributed by atoms with Crippen LogP contribution in [0, 0.1) is 0 Å². The van der Waals surface area contributed by atoms with Gasteiger partial charge in [0.1, 0.15) is 0 Å². The molecule has 1 aliphatic rings. The molecule has 1 aliphatic heterocycles. The highest BCUT2D eigenvalue weighted by molar-refractivity contribution is 6.00. The number of rotatable bonds is 1. The lowest BCUT2D eigenvalue weighted by Gasteiger charge is -2.22. The lowest BCUT2D eigenvalue weighted by Crippen LogP contribution is -2.25. The molecule has 0 amide bonds. The molecule has 68 valence electrons. The lowest BCUT2D eigenvalue weighted by atomic mass is 9.97. The summed E-state index contributed by atoms with van der Waals surface area (Å²) in [5, 5.41) is 9.49. The largest absolute Gasteiger partial charge is 0.393 e. The van der Waals surface area contributed by atoms with Crippen molar-refractivity contribution in [3.63, 3.8) is 0 Å². The van der Waals surface area contributed by atoms with E-state index in [0.717, 1.165) is 18.6 Å². The summed E-state index contributed by atoms with van der Waals surface area (Å²) in [6, 6.07) is 0.277. The number of aliphatic imine (C=N–C) groups is 1. The van der Waals surface area contributed by atoms with Crippen LogP contribution in [-0.4, -0.2) is 23.0 Å². The zero-order valence-corrected chi connectivity index (χ0v) is 8.04. The van der Waals surface area contributed by atoms with Crippen LogP contribution in [0.5, 0.6) is 0 Å². The normalized spacial score (nSPS) is 31.7. The second-order valence-electron chi connectivity index (χ2n) is 3.49. The zero-order chi connectivity index (χ0) is 9.14. The van der Waals surface area contributed by atoms with Crippen LogP contribution in [0.25, 0.3) is 0 Å². The molecule has 0 aliphatic carbocycles. The van der Waals surface area contributed by atoms with E-state index in [-0.39, 0.29) is 12.1 Å². The highest BCUT2D eigenvalue weighted by Crippen LogP contribution is 2.17. The van der Waals surface area contributed by atoms with Gasteiger partial charge in [-0.25, -0.2) is 0 Å². The van der Waals surface area contributed by atoms with Gasteiger partial charge in [-0.15, -0.1) is 0 Å². The fourth-order valence-electron chi connectivity index (χ4n) is 1.50. The average molecular weight is 167 g/mol. The average Bonchev–Trinajstić information content (AvgIpc) is 2.01. The van der Waals surface area contributed by atoms with Crippen molar-refractivity contribution >= 4 is 5.71 Å². The maximum absolute atomic E-state index is 9.49. The molecule has 0 saturated heterocycles. The summed E-state index contributed by atoms with van der Waals surface area (Å²) in [6.07, 6.45) is 3.38. The van der Waals surface area contributed by atoms with Gasteiger partial charge >= 0.3 is 0 Å². The number of aliphatic hydroxyl groups excluding tert-OH is 1. The van der Waals surface area contributed by atoms with Crippen molar-refractivity contribution < 1.29 is 5.11 Å². The van der Waals surface area contributed by atoms with Gasteiger partial charge in [-0.3, -0.25) is 4.99 Å². The molecule has 0 bridgehead atoms. The van der Waals surface area contributed by atoms with Gasteiger partial charge in [0.25, 0.3) is 0 Å². The Bertz CT molecular complexity index is 218. The van der Waals surface area contributed by atoms with Crippen LogP contribution in [0.15, 0.2) is 16.6 Å². The monoisotopic (exact) mass is 167 g/mol. The minimum absolute atomic E-state index is 0.192. The van der Waals surface area contributed by atoms with Gasteiger partial charge in [0.2, 0.25) is 0 Å². The van der Waals surface area contributed by atoms with Crippen molar-refractivity contribution in [1.82, 2.24) is 0 Å². The molecule has 12 heavy (non-hydrogen) atoms. The molecule has 2 unspecified atom stereocenters. The highest BCUT2D eigenvalue weighted by Gasteiger charge is 2.19. The van der Waals surface area contributed by atoms with Crippen LogP contribution in [0.3, 0.4) is 0 Å². The van der Waals surface area contributed by atoms with E-state index in [2.05, 4.69) is 4.99 Å². The number of hydrogen-bond donors (Lipinski definition) is 1. The van der Waals surface area contributed by atoms with Crippen LogP contribution < -0.4 is 0 Å². The highest BCUT2D eigenvalue weighted by atomic mass is 16.3. The molecule has 1 heterocycles. The van der Waals surface area contributed by atoms with Crippen molar-refractivity contribution in [2.75, 3.05) is 0 Å². The van der Waals surface area contributed by atoms with Gasteiger partial charge in [0.05, 0.1) is 6.10 Å². The molecule has 1 rings (SSSR count). The lowest BCUT2D eigenvalue weighted by molar-refractivity contribution is 0.159. The third-order valence-electron chi connectivity index (χ3n) is 2.31. The Balaban J connectivity index is 2.76. The van der Waals surface area contributed by atoms with Crippen molar-refractivity contribution in [2.45, 2.75) is 45.8 Å². The smallest absolute Gasteiger partial charge is 0.0615 e.